The Bertz CT molecular complexity index is 248. The highest BCUT2D eigenvalue weighted by Gasteiger charge is 2.08. The number of nitrogens with zero attached hydrogens (tertiary/aromatic N) is 1. The molecule has 0 spiro atoms. The van der Waals surface area contributed by atoms with Gasteiger partial charge in [0.05, 0.1) is 12.3 Å². The molecule has 1 rings (SSSR count). The van der Waals surface area contributed by atoms with Gasteiger partial charge in [0.1, 0.15) is 6.26 Å². The molecule has 1 aromatic heterocycles. The minimum absolute atomic E-state index is 0.236. The van der Waals surface area contributed by atoms with Gasteiger partial charge in [0.15, 0.2) is 5.89 Å². The smallest absolute Gasteiger partial charge is 0.196 e. The van der Waals surface area contributed by atoms with Gasteiger partial charge >= 0.3 is 0 Å². The van der Waals surface area contributed by atoms with E-state index in [9.17, 15) is 0 Å². The van der Waals surface area contributed by atoms with Crippen LogP contribution in [0, 0.1) is 0 Å². The Hall–Kier alpha value is -0.870. The maximum absolute atomic E-state index is 5.26. The second-order valence-electron chi connectivity index (χ2n) is 2.92. The molecule has 0 radical (unpaired) electrons. The molecule has 1 N–H and O–H groups in total. The second kappa shape index (κ2) is 4.99. The monoisotopic (exact) mass is 184 g/mol. The van der Waals surface area contributed by atoms with Crippen LogP contribution >= 0.6 is 0 Å². The molecule has 74 valence electrons. The van der Waals surface area contributed by atoms with E-state index in [2.05, 4.69) is 10.3 Å². The number of hydrogen-bond donors (Lipinski definition) is 1. The number of oxazole rings is 1. The zero-order valence-corrected chi connectivity index (χ0v) is 8.33. The van der Waals surface area contributed by atoms with E-state index in [4.69, 9.17) is 9.15 Å². The molecule has 0 fully saturated rings. The van der Waals surface area contributed by atoms with Crippen molar-refractivity contribution >= 4 is 0 Å². The van der Waals surface area contributed by atoms with Gasteiger partial charge in [-0.2, -0.15) is 0 Å². The first-order valence-corrected chi connectivity index (χ1v) is 4.38. The lowest BCUT2D eigenvalue weighted by atomic mass is 10.3. The van der Waals surface area contributed by atoms with Gasteiger partial charge in [-0.25, -0.2) is 4.98 Å². The minimum atomic E-state index is 0.236. The van der Waals surface area contributed by atoms with Crippen molar-refractivity contribution in [2.24, 2.45) is 0 Å². The first kappa shape index (κ1) is 10.2. The van der Waals surface area contributed by atoms with Crippen LogP contribution in [-0.4, -0.2) is 25.7 Å². The van der Waals surface area contributed by atoms with Crippen LogP contribution in [0.15, 0.2) is 10.7 Å². The van der Waals surface area contributed by atoms with Crippen molar-refractivity contribution in [1.82, 2.24) is 10.3 Å². The zero-order valence-electron chi connectivity index (χ0n) is 8.33. The van der Waals surface area contributed by atoms with E-state index in [-0.39, 0.29) is 6.04 Å². The lowest BCUT2D eigenvalue weighted by molar-refractivity contribution is 0.195. The van der Waals surface area contributed by atoms with Gasteiger partial charge in [-0.3, -0.25) is 0 Å². The third kappa shape index (κ3) is 2.82. The van der Waals surface area contributed by atoms with Crippen LogP contribution in [0.1, 0.15) is 24.6 Å². The maximum atomic E-state index is 5.26. The quantitative estimate of drug-likeness (QED) is 0.745. The van der Waals surface area contributed by atoms with Crippen molar-refractivity contribution in [3.8, 4) is 0 Å². The molecule has 0 aliphatic carbocycles. The topological polar surface area (TPSA) is 47.3 Å². The molecule has 0 aliphatic heterocycles. The molecule has 0 amide bonds. The molecule has 1 unspecified atom stereocenters. The van der Waals surface area contributed by atoms with Crippen LogP contribution in [0.4, 0.5) is 0 Å². The molecule has 0 bridgehead atoms. The number of aromatic nitrogens is 1. The van der Waals surface area contributed by atoms with Crippen molar-refractivity contribution in [3.63, 3.8) is 0 Å². The highest BCUT2D eigenvalue weighted by atomic mass is 16.5. The van der Waals surface area contributed by atoms with E-state index in [0.717, 1.165) is 18.0 Å². The molecule has 0 saturated heterocycles. The highest BCUT2D eigenvalue weighted by molar-refractivity contribution is 5.01. The van der Waals surface area contributed by atoms with Crippen LogP contribution in [0.25, 0.3) is 0 Å². The summed E-state index contributed by atoms with van der Waals surface area (Å²) in [6, 6.07) is 0.236. The van der Waals surface area contributed by atoms with E-state index in [1.165, 1.54) is 0 Å². The molecule has 1 heterocycles. The average Bonchev–Trinajstić information content (AvgIpc) is 2.62. The Morgan fingerprint density at radius 1 is 1.69 bits per heavy atom. The molecule has 0 aromatic carbocycles. The van der Waals surface area contributed by atoms with Crippen LogP contribution in [0.3, 0.4) is 0 Å². The molecular weight excluding hydrogens is 168 g/mol. The molecule has 13 heavy (non-hydrogen) atoms. The SMILES string of the molecule is CNC(C)c1coc(CCOC)n1. The van der Waals surface area contributed by atoms with E-state index in [1.807, 2.05) is 14.0 Å². The number of rotatable bonds is 5. The van der Waals surface area contributed by atoms with Gasteiger partial charge < -0.3 is 14.5 Å². The van der Waals surface area contributed by atoms with Gasteiger partial charge in [-0.05, 0) is 14.0 Å². The molecule has 4 heteroatoms. The fourth-order valence-electron chi connectivity index (χ4n) is 0.976. The number of ether oxygens (including phenoxy) is 1. The Labute approximate surface area is 78.3 Å². The van der Waals surface area contributed by atoms with Crippen LogP contribution < -0.4 is 5.32 Å². The molecule has 1 aromatic rings. The van der Waals surface area contributed by atoms with E-state index in [0.29, 0.717) is 6.61 Å². The van der Waals surface area contributed by atoms with Crippen LogP contribution in [0.5, 0.6) is 0 Å². The fourth-order valence-corrected chi connectivity index (χ4v) is 0.976. The maximum Gasteiger partial charge on any atom is 0.196 e. The summed E-state index contributed by atoms with van der Waals surface area (Å²) in [5.41, 5.74) is 0.939. The summed E-state index contributed by atoms with van der Waals surface area (Å²) in [5.74, 6) is 0.735. The standard InChI is InChI=1S/C9H16N2O2/c1-7(10-2)8-6-13-9(11-8)4-5-12-3/h6-7,10H,4-5H2,1-3H3. The average molecular weight is 184 g/mol. The van der Waals surface area contributed by atoms with Gasteiger partial charge in [-0.1, -0.05) is 0 Å². The number of methoxy groups -OCH3 is 1. The molecular formula is C9H16N2O2. The summed E-state index contributed by atoms with van der Waals surface area (Å²) < 4.78 is 10.2. The van der Waals surface area contributed by atoms with Gasteiger partial charge in [0, 0.05) is 19.6 Å². The van der Waals surface area contributed by atoms with Gasteiger partial charge in [-0.15, -0.1) is 0 Å². The summed E-state index contributed by atoms with van der Waals surface area (Å²) in [4.78, 5) is 4.31. The van der Waals surface area contributed by atoms with E-state index >= 15 is 0 Å². The Kier molecular flexibility index (Phi) is 3.92. The molecule has 0 saturated carbocycles. The van der Waals surface area contributed by atoms with Crippen LogP contribution in [-0.2, 0) is 11.2 Å². The van der Waals surface area contributed by atoms with Crippen molar-refractivity contribution in [2.45, 2.75) is 19.4 Å². The Morgan fingerprint density at radius 2 is 2.46 bits per heavy atom. The van der Waals surface area contributed by atoms with Crippen molar-refractivity contribution in [1.29, 1.82) is 0 Å². The van der Waals surface area contributed by atoms with Gasteiger partial charge in [0.2, 0.25) is 0 Å². The van der Waals surface area contributed by atoms with Crippen molar-refractivity contribution in [2.75, 3.05) is 20.8 Å². The molecule has 1 atom stereocenters. The minimum Gasteiger partial charge on any atom is -0.449 e. The van der Waals surface area contributed by atoms with E-state index < -0.39 is 0 Å². The van der Waals surface area contributed by atoms with Crippen molar-refractivity contribution in [3.05, 3.63) is 17.8 Å². The molecule has 0 aliphatic rings. The largest absolute Gasteiger partial charge is 0.449 e. The molecule has 4 nitrogen and oxygen atoms in total. The van der Waals surface area contributed by atoms with Gasteiger partial charge in [0.25, 0.3) is 0 Å². The fraction of sp³-hybridized carbons (Fsp3) is 0.667. The lowest BCUT2D eigenvalue weighted by Crippen LogP contribution is -2.12. The normalized spacial score (nSPS) is 13.2. The number of hydrogen-bond acceptors (Lipinski definition) is 4. The Balaban J connectivity index is 2.53. The lowest BCUT2D eigenvalue weighted by Gasteiger charge is -2.03. The third-order valence-electron chi connectivity index (χ3n) is 1.97. The first-order valence-electron chi connectivity index (χ1n) is 4.38. The summed E-state index contributed by atoms with van der Waals surface area (Å²) in [7, 11) is 3.56. The summed E-state index contributed by atoms with van der Waals surface area (Å²) in [5, 5.41) is 3.10. The number of nitrogens with one attached hydrogen (secondary N) is 1. The van der Waals surface area contributed by atoms with E-state index in [1.54, 1.807) is 13.4 Å². The Morgan fingerprint density at radius 3 is 3.08 bits per heavy atom. The highest BCUT2D eigenvalue weighted by Crippen LogP contribution is 2.11. The summed E-state index contributed by atoms with van der Waals surface area (Å²) in [6.07, 6.45) is 2.42. The predicted octanol–water partition coefficient (Wildman–Crippen LogP) is 1.14. The summed E-state index contributed by atoms with van der Waals surface area (Å²) >= 11 is 0. The van der Waals surface area contributed by atoms with Crippen molar-refractivity contribution < 1.29 is 9.15 Å². The zero-order chi connectivity index (χ0) is 9.68. The van der Waals surface area contributed by atoms with Crippen LogP contribution in [0.2, 0.25) is 0 Å². The predicted molar refractivity (Wildman–Crippen MR) is 49.6 cm³/mol. The summed E-state index contributed by atoms with van der Waals surface area (Å²) in [6.45, 7) is 2.69. The first-order chi connectivity index (χ1) is 6.27. The second-order valence-corrected chi connectivity index (χ2v) is 2.92. The third-order valence-corrected chi connectivity index (χ3v) is 1.97.